The van der Waals surface area contributed by atoms with Gasteiger partial charge in [-0.1, -0.05) is 6.92 Å². The maximum atomic E-state index is 11.8. The second kappa shape index (κ2) is 6.26. The quantitative estimate of drug-likeness (QED) is 0.827. The first-order valence-corrected chi connectivity index (χ1v) is 6.88. The van der Waals surface area contributed by atoms with Crippen molar-refractivity contribution in [2.24, 2.45) is 11.8 Å². The molecule has 0 aliphatic heterocycles. The van der Waals surface area contributed by atoms with Crippen LogP contribution in [0.15, 0.2) is 0 Å². The Morgan fingerprint density at radius 3 is 2.47 bits per heavy atom. The second-order valence-corrected chi connectivity index (χ2v) is 6.53. The van der Waals surface area contributed by atoms with Gasteiger partial charge in [-0.15, -0.1) is 0 Å². The lowest BCUT2D eigenvalue weighted by Crippen LogP contribution is -2.46. The lowest BCUT2D eigenvalue weighted by molar-refractivity contribution is -0.138. The zero-order chi connectivity index (χ0) is 14.6. The minimum atomic E-state index is -0.810. The summed E-state index contributed by atoms with van der Waals surface area (Å²) in [6.07, 6.45) is 2.31. The summed E-state index contributed by atoms with van der Waals surface area (Å²) < 4.78 is 5.22. The average molecular weight is 271 g/mol. The normalized spacial score (nSPS) is 27.7. The van der Waals surface area contributed by atoms with E-state index in [0.29, 0.717) is 5.92 Å². The number of rotatable bonds is 3. The lowest BCUT2D eigenvalue weighted by Gasteiger charge is -2.35. The predicted molar refractivity (Wildman–Crippen MR) is 71.9 cm³/mol. The summed E-state index contributed by atoms with van der Waals surface area (Å²) in [6, 6.07) is -0.0952. The first-order chi connectivity index (χ1) is 8.67. The van der Waals surface area contributed by atoms with Crippen molar-refractivity contribution in [1.82, 2.24) is 5.32 Å². The molecule has 0 aromatic heterocycles. The van der Waals surface area contributed by atoms with Crippen LogP contribution in [-0.4, -0.2) is 28.8 Å². The SMILES string of the molecule is CC1CCC(NC(=O)OC(C)(C)C)C(CC(=O)O)C1. The molecule has 1 rings (SSSR count). The van der Waals surface area contributed by atoms with E-state index in [0.717, 1.165) is 19.3 Å². The van der Waals surface area contributed by atoms with Crippen molar-refractivity contribution >= 4 is 12.1 Å². The number of hydrogen-bond acceptors (Lipinski definition) is 3. The van der Waals surface area contributed by atoms with E-state index in [9.17, 15) is 9.59 Å². The van der Waals surface area contributed by atoms with Crippen LogP contribution < -0.4 is 5.32 Å². The fourth-order valence-electron chi connectivity index (χ4n) is 2.60. The van der Waals surface area contributed by atoms with Crippen molar-refractivity contribution in [3.05, 3.63) is 0 Å². The van der Waals surface area contributed by atoms with Gasteiger partial charge in [0.15, 0.2) is 0 Å². The lowest BCUT2D eigenvalue weighted by atomic mass is 9.77. The fourth-order valence-corrected chi connectivity index (χ4v) is 2.60. The van der Waals surface area contributed by atoms with Crippen LogP contribution >= 0.6 is 0 Å². The summed E-state index contributed by atoms with van der Waals surface area (Å²) in [6.45, 7) is 7.55. The molecular formula is C14H25NO4. The Labute approximate surface area is 114 Å². The molecule has 1 fully saturated rings. The van der Waals surface area contributed by atoms with Crippen molar-refractivity contribution < 1.29 is 19.4 Å². The molecular weight excluding hydrogens is 246 g/mol. The zero-order valence-electron chi connectivity index (χ0n) is 12.2. The van der Waals surface area contributed by atoms with Crippen LogP contribution in [0.25, 0.3) is 0 Å². The summed E-state index contributed by atoms with van der Waals surface area (Å²) in [5.41, 5.74) is -0.533. The first kappa shape index (κ1) is 15.8. The van der Waals surface area contributed by atoms with Gasteiger partial charge in [-0.25, -0.2) is 4.79 Å². The van der Waals surface area contributed by atoms with Gasteiger partial charge in [0.05, 0.1) is 6.42 Å². The molecule has 0 aromatic carbocycles. The van der Waals surface area contributed by atoms with Gasteiger partial charge in [-0.05, 0) is 51.9 Å². The Morgan fingerprint density at radius 1 is 1.32 bits per heavy atom. The van der Waals surface area contributed by atoms with E-state index in [4.69, 9.17) is 9.84 Å². The molecule has 0 spiro atoms. The molecule has 5 nitrogen and oxygen atoms in total. The van der Waals surface area contributed by atoms with Crippen LogP contribution in [0.4, 0.5) is 4.79 Å². The minimum absolute atomic E-state index is 0.00577. The molecule has 110 valence electrons. The molecule has 1 saturated carbocycles. The third kappa shape index (κ3) is 5.94. The van der Waals surface area contributed by atoms with Crippen molar-refractivity contribution in [3.8, 4) is 0 Å². The van der Waals surface area contributed by atoms with Crippen LogP contribution in [0.3, 0.4) is 0 Å². The highest BCUT2D eigenvalue weighted by molar-refractivity contribution is 5.69. The highest BCUT2D eigenvalue weighted by Crippen LogP contribution is 2.31. The maximum Gasteiger partial charge on any atom is 0.407 e. The van der Waals surface area contributed by atoms with Crippen molar-refractivity contribution in [2.75, 3.05) is 0 Å². The van der Waals surface area contributed by atoms with E-state index in [1.54, 1.807) is 0 Å². The van der Waals surface area contributed by atoms with E-state index in [-0.39, 0.29) is 18.4 Å². The molecule has 2 N–H and O–H groups in total. The number of carboxylic acid groups (broad SMARTS) is 1. The number of carboxylic acids is 1. The Bertz CT molecular complexity index is 335. The maximum absolute atomic E-state index is 11.8. The molecule has 1 aliphatic carbocycles. The molecule has 0 bridgehead atoms. The smallest absolute Gasteiger partial charge is 0.407 e. The highest BCUT2D eigenvalue weighted by Gasteiger charge is 2.32. The van der Waals surface area contributed by atoms with Crippen LogP contribution in [0, 0.1) is 11.8 Å². The number of nitrogens with one attached hydrogen (secondary N) is 1. The van der Waals surface area contributed by atoms with Gasteiger partial charge in [0.25, 0.3) is 0 Å². The van der Waals surface area contributed by atoms with Gasteiger partial charge in [0, 0.05) is 6.04 Å². The Balaban J connectivity index is 2.58. The van der Waals surface area contributed by atoms with Crippen LogP contribution in [0.2, 0.25) is 0 Å². The molecule has 3 unspecified atom stereocenters. The standard InChI is InChI=1S/C14H25NO4/c1-9-5-6-11(10(7-9)8-12(16)17)15-13(18)19-14(2,3)4/h9-11H,5-8H2,1-4H3,(H,15,18)(H,16,17). The van der Waals surface area contributed by atoms with Crippen LogP contribution in [0.1, 0.15) is 53.4 Å². The number of ether oxygens (including phenoxy) is 1. The molecule has 3 atom stereocenters. The van der Waals surface area contributed by atoms with Gasteiger partial charge in [-0.3, -0.25) is 4.79 Å². The first-order valence-electron chi connectivity index (χ1n) is 6.88. The summed E-state index contributed by atoms with van der Waals surface area (Å²) in [5.74, 6) is -0.301. The third-order valence-corrected chi connectivity index (χ3v) is 3.38. The van der Waals surface area contributed by atoms with Gasteiger partial charge < -0.3 is 15.2 Å². The third-order valence-electron chi connectivity index (χ3n) is 3.38. The van der Waals surface area contributed by atoms with Crippen LogP contribution in [0.5, 0.6) is 0 Å². The number of amides is 1. The second-order valence-electron chi connectivity index (χ2n) is 6.53. The molecule has 1 amide bonds. The van der Waals surface area contributed by atoms with E-state index < -0.39 is 17.7 Å². The Hall–Kier alpha value is -1.26. The molecule has 0 saturated heterocycles. The van der Waals surface area contributed by atoms with E-state index >= 15 is 0 Å². The molecule has 19 heavy (non-hydrogen) atoms. The van der Waals surface area contributed by atoms with Gasteiger partial charge in [0.2, 0.25) is 0 Å². The van der Waals surface area contributed by atoms with E-state index in [1.165, 1.54) is 0 Å². The van der Waals surface area contributed by atoms with Crippen molar-refractivity contribution in [1.29, 1.82) is 0 Å². The highest BCUT2D eigenvalue weighted by atomic mass is 16.6. The largest absolute Gasteiger partial charge is 0.481 e. The fraction of sp³-hybridized carbons (Fsp3) is 0.857. The molecule has 1 aliphatic rings. The molecule has 5 heteroatoms. The molecule has 0 aromatic rings. The number of carbonyl (C=O) groups excluding carboxylic acids is 1. The topological polar surface area (TPSA) is 75.6 Å². The van der Waals surface area contributed by atoms with Gasteiger partial charge in [0.1, 0.15) is 5.60 Å². The van der Waals surface area contributed by atoms with Gasteiger partial charge >= 0.3 is 12.1 Å². The van der Waals surface area contributed by atoms with E-state index in [2.05, 4.69) is 12.2 Å². The summed E-state index contributed by atoms with van der Waals surface area (Å²) in [7, 11) is 0. The average Bonchev–Trinajstić information content (AvgIpc) is 2.18. The minimum Gasteiger partial charge on any atom is -0.481 e. The Morgan fingerprint density at radius 2 is 1.95 bits per heavy atom. The van der Waals surface area contributed by atoms with Crippen LogP contribution in [-0.2, 0) is 9.53 Å². The van der Waals surface area contributed by atoms with E-state index in [1.807, 2.05) is 20.8 Å². The summed E-state index contributed by atoms with van der Waals surface area (Å²) >= 11 is 0. The summed E-state index contributed by atoms with van der Waals surface area (Å²) in [5, 5.41) is 11.8. The number of hydrogen-bond donors (Lipinski definition) is 2. The van der Waals surface area contributed by atoms with Crippen molar-refractivity contribution in [2.45, 2.75) is 65.0 Å². The molecule has 0 radical (unpaired) electrons. The van der Waals surface area contributed by atoms with Gasteiger partial charge in [-0.2, -0.15) is 0 Å². The number of aliphatic carboxylic acids is 1. The van der Waals surface area contributed by atoms with Crippen molar-refractivity contribution in [3.63, 3.8) is 0 Å². The number of carbonyl (C=O) groups is 2. The summed E-state index contributed by atoms with van der Waals surface area (Å²) in [4.78, 5) is 22.6. The molecule has 0 heterocycles. The number of alkyl carbamates (subject to hydrolysis) is 1. The monoisotopic (exact) mass is 271 g/mol. The Kier molecular flexibility index (Phi) is 5.20. The zero-order valence-corrected chi connectivity index (χ0v) is 12.2. The predicted octanol–water partition coefficient (Wildman–Crippen LogP) is 2.79.